The van der Waals surface area contributed by atoms with Crippen LogP contribution in [-0.2, 0) is 15.7 Å². The molecule has 0 fully saturated rings. The summed E-state index contributed by atoms with van der Waals surface area (Å²) < 4.78 is 5.26. The number of hydrogen-bond acceptors (Lipinski definition) is 2. The second-order valence-electron chi connectivity index (χ2n) is 3.28. The van der Waals surface area contributed by atoms with Gasteiger partial charge in [0.1, 0.15) is 24.9 Å². The van der Waals surface area contributed by atoms with Crippen molar-refractivity contribution < 1.29 is 9.53 Å². The minimum Gasteiger partial charge on any atom is -0.486 e. The Morgan fingerprint density at radius 1 is 1.29 bits per heavy atom. The average molecular weight is 211 g/mol. The summed E-state index contributed by atoms with van der Waals surface area (Å²) in [5, 5.41) is 0. The molecule has 0 heterocycles. The molecule has 0 aromatic heterocycles. The molecule has 0 aliphatic rings. The van der Waals surface area contributed by atoms with Gasteiger partial charge in [0, 0.05) is 10.9 Å². The van der Waals surface area contributed by atoms with Gasteiger partial charge in [-0.3, -0.25) is 4.79 Å². The number of benzene rings is 1. The first-order chi connectivity index (χ1) is 6.59. The quantitative estimate of drug-likeness (QED) is 0.711. The molecule has 0 unspecified atom stereocenters. The van der Waals surface area contributed by atoms with Crippen LogP contribution in [0.25, 0.3) is 0 Å². The fraction of sp³-hybridized carbons (Fsp3) is 0.364. The van der Waals surface area contributed by atoms with Crippen LogP contribution < -0.4 is 4.74 Å². The Hall–Kier alpha value is -0.960. The van der Waals surface area contributed by atoms with Crippen LogP contribution >= 0.6 is 0 Å². The Morgan fingerprint density at radius 3 is 2.29 bits per heavy atom. The number of ketones is 1. The van der Waals surface area contributed by atoms with Gasteiger partial charge in [0.2, 0.25) is 0 Å². The molecule has 0 saturated carbocycles. The van der Waals surface area contributed by atoms with Gasteiger partial charge in [0.05, 0.1) is 0 Å². The molecule has 0 bridgehead atoms. The van der Waals surface area contributed by atoms with Gasteiger partial charge in [-0.2, -0.15) is 0 Å². The zero-order valence-corrected chi connectivity index (χ0v) is 9.56. The van der Waals surface area contributed by atoms with Gasteiger partial charge in [0.25, 0.3) is 0 Å². The second-order valence-corrected chi connectivity index (χ2v) is 5.38. The molecule has 14 heavy (non-hydrogen) atoms. The number of hydrogen-bond donors (Lipinski definition) is 0. The molecule has 0 spiro atoms. The molecule has 0 N–H and O–H groups in total. The lowest BCUT2D eigenvalue weighted by molar-refractivity contribution is -0.118. The van der Waals surface area contributed by atoms with Crippen LogP contribution in [0.15, 0.2) is 29.2 Å². The molecule has 0 aliphatic carbocycles. The maximum Gasteiger partial charge on any atom is 0.167 e. The first kappa shape index (κ1) is 11.1. The van der Waals surface area contributed by atoms with Gasteiger partial charge in [-0.1, -0.05) is 0 Å². The fourth-order valence-corrected chi connectivity index (χ4v) is 1.67. The van der Waals surface area contributed by atoms with Crippen molar-refractivity contribution >= 4 is 16.7 Å². The topological polar surface area (TPSA) is 26.3 Å². The Morgan fingerprint density at radius 2 is 1.86 bits per heavy atom. The Balaban J connectivity index is 2.59. The van der Waals surface area contributed by atoms with Crippen molar-refractivity contribution in [1.82, 2.24) is 0 Å². The molecular formula is C11H15O2S+. The zero-order chi connectivity index (χ0) is 10.6. The number of rotatable bonds is 4. The van der Waals surface area contributed by atoms with E-state index in [2.05, 4.69) is 12.5 Å². The summed E-state index contributed by atoms with van der Waals surface area (Å²) >= 11 is 0. The van der Waals surface area contributed by atoms with E-state index < -0.39 is 0 Å². The van der Waals surface area contributed by atoms with E-state index in [0.29, 0.717) is 0 Å². The van der Waals surface area contributed by atoms with E-state index in [1.54, 1.807) is 0 Å². The molecule has 3 heteroatoms. The van der Waals surface area contributed by atoms with Crippen molar-refractivity contribution in [3.05, 3.63) is 24.3 Å². The maximum atomic E-state index is 10.7. The van der Waals surface area contributed by atoms with Crippen LogP contribution in [0.5, 0.6) is 5.75 Å². The number of Topliss-reactive ketones (excluding diaryl/α,β-unsaturated/α-hetero) is 1. The minimum atomic E-state index is 0.0415. The SMILES string of the molecule is CC(=O)COc1ccc([S+](C)C)cc1. The molecular weight excluding hydrogens is 196 g/mol. The lowest BCUT2D eigenvalue weighted by atomic mass is 10.3. The molecule has 0 saturated heterocycles. The van der Waals surface area contributed by atoms with Crippen LogP contribution in [0.3, 0.4) is 0 Å². The third-order valence-electron chi connectivity index (χ3n) is 1.74. The van der Waals surface area contributed by atoms with E-state index in [4.69, 9.17) is 4.74 Å². The van der Waals surface area contributed by atoms with Crippen molar-refractivity contribution in [3.8, 4) is 5.75 Å². The van der Waals surface area contributed by atoms with Crippen LogP contribution in [0.1, 0.15) is 6.92 Å². The third-order valence-corrected chi connectivity index (χ3v) is 2.95. The average Bonchev–Trinajstić information content (AvgIpc) is 2.15. The van der Waals surface area contributed by atoms with Gasteiger partial charge < -0.3 is 4.74 Å². The first-order valence-corrected chi connectivity index (χ1v) is 6.43. The molecule has 2 nitrogen and oxygen atoms in total. The Kier molecular flexibility index (Phi) is 4.01. The minimum absolute atomic E-state index is 0.0415. The molecule has 1 aromatic carbocycles. The first-order valence-electron chi connectivity index (χ1n) is 4.39. The van der Waals surface area contributed by atoms with Crippen molar-refractivity contribution in [1.29, 1.82) is 0 Å². The van der Waals surface area contributed by atoms with E-state index in [0.717, 1.165) is 5.75 Å². The number of ether oxygens (including phenoxy) is 1. The van der Waals surface area contributed by atoms with Gasteiger partial charge in [-0.15, -0.1) is 0 Å². The Labute approximate surface area is 87.6 Å². The van der Waals surface area contributed by atoms with Gasteiger partial charge >= 0.3 is 0 Å². The predicted molar refractivity (Wildman–Crippen MR) is 60.1 cm³/mol. The van der Waals surface area contributed by atoms with E-state index in [1.165, 1.54) is 11.8 Å². The van der Waals surface area contributed by atoms with Crippen LogP contribution in [-0.4, -0.2) is 24.9 Å². The third kappa shape index (κ3) is 3.42. The highest BCUT2D eigenvalue weighted by Crippen LogP contribution is 2.15. The summed E-state index contributed by atoms with van der Waals surface area (Å²) in [5.74, 6) is 0.800. The standard InChI is InChI=1S/C11H15O2S/c1-9(12)8-13-10-4-6-11(7-5-10)14(2)3/h4-7H,8H2,1-3H3/q+1. The summed E-state index contributed by atoms with van der Waals surface area (Å²) in [7, 11) is 0.278. The maximum absolute atomic E-state index is 10.7. The van der Waals surface area contributed by atoms with E-state index in [-0.39, 0.29) is 23.3 Å². The highest BCUT2D eigenvalue weighted by Gasteiger charge is 2.07. The molecule has 1 rings (SSSR count). The van der Waals surface area contributed by atoms with Gasteiger partial charge in [0.15, 0.2) is 10.7 Å². The largest absolute Gasteiger partial charge is 0.486 e. The van der Waals surface area contributed by atoms with Gasteiger partial charge in [-0.05, 0) is 31.2 Å². The molecule has 76 valence electrons. The van der Waals surface area contributed by atoms with Crippen molar-refractivity contribution in [3.63, 3.8) is 0 Å². The molecule has 1 aromatic rings. The normalized spacial score (nSPS) is 10.3. The lowest BCUT2D eigenvalue weighted by Crippen LogP contribution is -2.06. The van der Waals surface area contributed by atoms with Crippen LogP contribution in [0, 0.1) is 0 Å². The highest BCUT2D eigenvalue weighted by molar-refractivity contribution is 7.95. The molecule has 0 atom stereocenters. The molecule has 0 radical (unpaired) electrons. The summed E-state index contributed by atoms with van der Waals surface area (Å²) in [6, 6.07) is 7.90. The molecule has 0 aliphatic heterocycles. The summed E-state index contributed by atoms with van der Waals surface area (Å²) in [6.45, 7) is 1.67. The smallest absolute Gasteiger partial charge is 0.167 e. The van der Waals surface area contributed by atoms with Crippen molar-refractivity contribution in [2.24, 2.45) is 0 Å². The fourth-order valence-electron chi connectivity index (χ4n) is 0.993. The zero-order valence-electron chi connectivity index (χ0n) is 8.74. The van der Waals surface area contributed by atoms with E-state index in [9.17, 15) is 4.79 Å². The second kappa shape index (κ2) is 5.05. The lowest BCUT2D eigenvalue weighted by Gasteiger charge is -2.03. The van der Waals surface area contributed by atoms with Gasteiger partial charge in [-0.25, -0.2) is 0 Å². The number of carbonyl (C=O) groups excluding carboxylic acids is 1. The Bertz CT molecular complexity index is 304. The monoisotopic (exact) mass is 211 g/mol. The number of carbonyl (C=O) groups is 1. The summed E-state index contributed by atoms with van der Waals surface area (Å²) in [6.07, 6.45) is 4.34. The van der Waals surface area contributed by atoms with Crippen LogP contribution in [0.2, 0.25) is 0 Å². The van der Waals surface area contributed by atoms with E-state index in [1.807, 2.05) is 24.3 Å². The summed E-state index contributed by atoms with van der Waals surface area (Å²) in [4.78, 5) is 12.0. The molecule has 0 amide bonds. The summed E-state index contributed by atoms with van der Waals surface area (Å²) in [5.41, 5.74) is 0. The van der Waals surface area contributed by atoms with Crippen LogP contribution in [0.4, 0.5) is 0 Å². The van der Waals surface area contributed by atoms with Crippen molar-refractivity contribution in [2.75, 3.05) is 19.1 Å². The van der Waals surface area contributed by atoms with Crippen molar-refractivity contribution in [2.45, 2.75) is 11.8 Å². The predicted octanol–water partition coefficient (Wildman–Crippen LogP) is 1.89. The van der Waals surface area contributed by atoms with E-state index >= 15 is 0 Å². The highest BCUT2D eigenvalue weighted by atomic mass is 32.2.